The smallest absolute Gasteiger partial charge is 0.247 e. The summed E-state index contributed by atoms with van der Waals surface area (Å²) in [5.41, 5.74) is 6.08. The van der Waals surface area contributed by atoms with E-state index in [9.17, 15) is 8.42 Å². The maximum absolute atomic E-state index is 12.6. The average Bonchev–Trinajstić information content (AvgIpc) is 2.41. The lowest BCUT2D eigenvalue weighted by atomic mass is 10.3. The van der Waals surface area contributed by atoms with E-state index in [0.29, 0.717) is 23.1 Å². The second-order valence-electron chi connectivity index (χ2n) is 4.07. The summed E-state index contributed by atoms with van der Waals surface area (Å²) in [4.78, 5) is 0.0180. The highest BCUT2D eigenvalue weighted by atomic mass is 79.9. The molecule has 1 aromatic rings. The molecule has 0 atom stereocenters. The molecule has 0 radical (unpaired) electrons. The molecule has 20 heavy (non-hydrogen) atoms. The number of anilines is 1. The summed E-state index contributed by atoms with van der Waals surface area (Å²) >= 11 is 3.24. The second-order valence-corrected chi connectivity index (χ2v) is 6.83. The zero-order valence-corrected chi connectivity index (χ0v) is 13.8. The van der Waals surface area contributed by atoms with Crippen LogP contribution in [0.4, 0.5) is 5.69 Å². The average molecular weight is 361 g/mol. The van der Waals surface area contributed by atoms with E-state index in [4.69, 9.17) is 16.9 Å². The Morgan fingerprint density at radius 3 is 2.65 bits per heavy atom. The molecule has 0 heterocycles. The Morgan fingerprint density at radius 1 is 1.50 bits per heavy atom. The fourth-order valence-electron chi connectivity index (χ4n) is 1.69. The number of nitrogens with zero attached hydrogens (tertiary/aromatic N) is 1. The van der Waals surface area contributed by atoms with Gasteiger partial charge in [-0.05, 0) is 34.5 Å². The molecule has 7 heteroatoms. The molecule has 0 aliphatic heterocycles. The summed E-state index contributed by atoms with van der Waals surface area (Å²) in [6, 6.07) is 2.90. The number of halogens is 1. The van der Waals surface area contributed by atoms with E-state index in [1.165, 1.54) is 23.5 Å². The summed E-state index contributed by atoms with van der Waals surface area (Å²) < 4.78 is 32.2. The van der Waals surface area contributed by atoms with E-state index in [0.717, 1.165) is 0 Å². The van der Waals surface area contributed by atoms with Gasteiger partial charge in [-0.15, -0.1) is 6.42 Å². The molecule has 2 N–H and O–H groups in total. The third-order valence-electron chi connectivity index (χ3n) is 2.64. The Kier molecular flexibility index (Phi) is 5.87. The van der Waals surface area contributed by atoms with Crippen LogP contribution < -0.4 is 10.5 Å². The molecule has 0 saturated heterocycles. The number of benzene rings is 1. The van der Waals surface area contributed by atoms with Gasteiger partial charge in [0.2, 0.25) is 10.0 Å². The fraction of sp³-hybridized carbons (Fsp3) is 0.385. The van der Waals surface area contributed by atoms with Gasteiger partial charge in [-0.1, -0.05) is 12.8 Å². The van der Waals surface area contributed by atoms with E-state index in [1.54, 1.807) is 0 Å². The highest BCUT2D eigenvalue weighted by Gasteiger charge is 2.27. The number of methoxy groups -OCH3 is 1. The number of hydrogen-bond acceptors (Lipinski definition) is 4. The predicted octanol–water partition coefficient (Wildman–Crippen LogP) is 2.07. The number of rotatable bonds is 6. The number of nitrogen functional groups attached to an aromatic ring is 1. The van der Waals surface area contributed by atoms with Gasteiger partial charge < -0.3 is 10.5 Å². The molecule has 0 aromatic heterocycles. The number of nitrogens with two attached hydrogens (primary N) is 1. The molecule has 110 valence electrons. The SMILES string of the molecule is C#CCN(CCC)S(=O)(=O)c1cc(N)c(Br)cc1OC. The molecule has 0 aliphatic carbocycles. The van der Waals surface area contributed by atoms with Crippen molar-refractivity contribution in [2.75, 3.05) is 25.9 Å². The minimum absolute atomic E-state index is 0.00922. The van der Waals surface area contributed by atoms with Crippen LogP contribution in [0.25, 0.3) is 0 Å². The first-order valence-corrected chi connectivity index (χ1v) is 8.18. The van der Waals surface area contributed by atoms with Crippen LogP contribution in [0.1, 0.15) is 13.3 Å². The monoisotopic (exact) mass is 360 g/mol. The maximum Gasteiger partial charge on any atom is 0.247 e. The molecular formula is C13H17BrN2O3S. The Hall–Kier alpha value is -1.23. The number of hydrogen-bond donors (Lipinski definition) is 1. The summed E-state index contributed by atoms with van der Waals surface area (Å²) in [6.45, 7) is 2.23. The topological polar surface area (TPSA) is 72.6 Å². The summed E-state index contributed by atoms with van der Waals surface area (Å²) in [5, 5.41) is 0. The normalized spacial score (nSPS) is 11.3. The minimum Gasteiger partial charge on any atom is -0.495 e. The van der Waals surface area contributed by atoms with Gasteiger partial charge in [0.15, 0.2) is 0 Å². The van der Waals surface area contributed by atoms with E-state index >= 15 is 0 Å². The quantitative estimate of drug-likeness (QED) is 0.622. The molecule has 0 unspecified atom stereocenters. The largest absolute Gasteiger partial charge is 0.495 e. The molecular weight excluding hydrogens is 344 g/mol. The lowest BCUT2D eigenvalue weighted by Gasteiger charge is -2.21. The van der Waals surface area contributed by atoms with Crippen LogP contribution in [0, 0.1) is 12.3 Å². The maximum atomic E-state index is 12.6. The summed E-state index contributed by atoms with van der Waals surface area (Å²) in [6.07, 6.45) is 5.90. The van der Waals surface area contributed by atoms with Crippen molar-refractivity contribution in [1.82, 2.24) is 4.31 Å². The van der Waals surface area contributed by atoms with Crippen LogP contribution in [0.5, 0.6) is 5.75 Å². The first-order chi connectivity index (χ1) is 9.38. The number of sulfonamides is 1. The van der Waals surface area contributed by atoms with Crippen molar-refractivity contribution in [3.05, 3.63) is 16.6 Å². The molecule has 0 bridgehead atoms. The van der Waals surface area contributed by atoms with Gasteiger partial charge in [-0.25, -0.2) is 8.42 Å². The Balaban J connectivity index is 3.40. The van der Waals surface area contributed by atoms with Crippen molar-refractivity contribution in [3.8, 4) is 18.1 Å². The highest BCUT2D eigenvalue weighted by molar-refractivity contribution is 9.10. The van der Waals surface area contributed by atoms with Gasteiger partial charge in [0.1, 0.15) is 10.6 Å². The summed E-state index contributed by atoms with van der Waals surface area (Å²) in [7, 11) is -2.34. The third-order valence-corrected chi connectivity index (χ3v) is 5.19. The van der Waals surface area contributed by atoms with Crippen molar-refractivity contribution in [2.24, 2.45) is 0 Å². The van der Waals surface area contributed by atoms with Crippen LogP contribution in [0.3, 0.4) is 0 Å². The molecule has 1 aromatic carbocycles. The van der Waals surface area contributed by atoms with E-state index in [2.05, 4.69) is 21.9 Å². The first kappa shape index (κ1) is 16.8. The van der Waals surface area contributed by atoms with Crippen LogP contribution in [-0.2, 0) is 10.0 Å². The van der Waals surface area contributed by atoms with Gasteiger partial charge in [0.05, 0.1) is 13.7 Å². The highest BCUT2D eigenvalue weighted by Crippen LogP contribution is 2.33. The van der Waals surface area contributed by atoms with Crippen LogP contribution in [0.2, 0.25) is 0 Å². The van der Waals surface area contributed by atoms with Crippen molar-refractivity contribution >= 4 is 31.6 Å². The minimum atomic E-state index is -3.74. The predicted molar refractivity (Wildman–Crippen MR) is 83.0 cm³/mol. The van der Waals surface area contributed by atoms with Gasteiger partial charge in [-0.2, -0.15) is 4.31 Å². The van der Waals surface area contributed by atoms with E-state index < -0.39 is 10.0 Å². The van der Waals surface area contributed by atoms with Crippen molar-refractivity contribution in [1.29, 1.82) is 0 Å². The van der Waals surface area contributed by atoms with Crippen LogP contribution >= 0.6 is 15.9 Å². The standard InChI is InChI=1S/C13H17BrN2O3S/c1-4-6-16(7-5-2)20(17,18)13-9-11(15)10(14)8-12(13)19-3/h1,8-9H,5-7,15H2,2-3H3. The number of ether oxygens (including phenoxy) is 1. The van der Waals surface area contributed by atoms with Gasteiger partial charge >= 0.3 is 0 Å². The lowest BCUT2D eigenvalue weighted by molar-refractivity contribution is 0.395. The molecule has 0 spiro atoms. The van der Waals surface area contributed by atoms with Crippen LogP contribution in [-0.4, -0.2) is 32.9 Å². The fourth-order valence-corrected chi connectivity index (χ4v) is 3.63. The number of terminal acetylenes is 1. The van der Waals surface area contributed by atoms with Gasteiger partial charge in [-0.3, -0.25) is 0 Å². The molecule has 0 fully saturated rings. The molecule has 0 aliphatic rings. The van der Waals surface area contributed by atoms with Crippen molar-refractivity contribution < 1.29 is 13.2 Å². The second kappa shape index (κ2) is 6.97. The Bertz CT molecular complexity index is 623. The van der Waals surface area contributed by atoms with Gasteiger partial charge in [0, 0.05) is 16.7 Å². The Morgan fingerprint density at radius 2 is 2.15 bits per heavy atom. The Labute approximate surface area is 128 Å². The third kappa shape index (κ3) is 3.45. The molecule has 5 nitrogen and oxygen atoms in total. The van der Waals surface area contributed by atoms with Gasteiger partial charge in [0.25, 0.3) is 0 Å². The van der Waals surface area contributed by atoms with E-state index in [-0.39, 0.29) is 17.2 Å². The van der Waals surface area contributed by atoms with E-state index in [1.807, 2.05) is 6.92 Å². The lowest BCUT2D eigenvalue weighted by Crippen LogP contribution is -2.32. The first-order valence-electron chi connectivity index (χ1n) is 5.95. The van der Waals surface area contributed by atoms with Crippen molar-refractivity contribution in [2.45, 2.75) is 18.2 Å². The van der Waals surface area contributed by atoms with Crippen molar-refractivity contribution in [3.63, 3.8) is 0 Å². The zero-order valence-electron chi connectivity index (χ0n) is 11.4. The molecule has 1 rings (SSSR count). The molecule has 0 saturated carbocycles. The zero-order chi connectivity index (χ0) is 15.3. The van der Waals surface area contributed by atoms with Crippen LogP contribution in [0.15, 0.2) is 21.5 Å². The summed E-state index contributed by atoms with van der Waals surface area (Å²) in [5.74, 6) is 2.58. The molecule has 0 amide bonds.